The second-order valence-corrected chi connectivity index (χ2v) is 11.4. The topological polar surface area (TPSA) is 9.23 Å². The van der Waals surface area contributed by atoms with Crippen molar-refractivity contribution in [3.8, 4) is 11.8 Å². The van der Waals surface area contributed by atoms with Crippen LogP contribution in [0.2, 0.25) is 17.1 Å². The Labute approximate surface area is 143 Å². The van der Waals surface area contributed by atoms with Crippen molar-refractivity contribution in [1.82, 2.24) is 0 Å². The van der Waals surface area contributed by atoms with E-state index in [4.69, 9.17) is 4.43 Å². The predicted molar refractivity (Wildman–Crippen MR) is 104 cm³/mol. The first-order chi connectivity index (χ1) is 11.0. The van der Waals surface area contributed by atoms with Gasteiger partial charge in [-0.2, -0.15) is 0 Å². The van der Waals surface area contributed by atoms with Crippen molar-refractivity contribution in [3.05, 3.63) is 61.2 Å². The predicted octanol–water partition coefficient (Wildman–Crippen LogP) is 5.95. The van der Waals surface area contributed by atoms with Gasteiger partial charge < -0.3 is 4.43 Å². The maximum atomic E-state index is 6.69. The summed E-state index contributed by atoms with van der Waals surface area (Å²) < 4.78 is 6.69. The molecule has 0 spiro atoms. The molecule has 1 rings (SSSR count). The summed E-state index contributed by atoms with van der Waals surface area (Å²) in [5.41, 5.74) is 2.06. The Balaban J connectivity index is 3.06. The molecule has 2 heteroatoms. The van der Waals surface area contributed by atoms with Crippen molar-refractivity contribution in [1.29, 1.82) is 0 Å². The zero-order chi connectivity index (χ0) is 17.3. The molecule has 23 heavy (non-hydrogen) atoms. The van der Waals surface area contributed by atoms with Gasteiger partial charge in [0.05, 0.1) is 0 Å². The molecule has 0 saturated carbocycles. The summed E-state index contributed by atoms with van der Waals surface area (Å²) in [5.74, 6) is 6.56. The fraction of sp³-hybridized carbons (Fsp3) is 0.429. The van der Waals surface area contributed by atoms with E-state index in [1.54, 1.807) is 0 Å². The van der Waals surface area contributed by atoms with Gasteiger partial charge in [-0.15, -0.1) is 13.2 Å². The minimum Gasteiger partial charge on any atom is -0.402 e. The monoisotopic (exact) mass is 326 g/mol. The Kier molecular flexibility index (Phi) is 8.09. The lowest BCUT2D eigenvalue weighted by Crippen LogP contribution is -2.46. The highest BCUT2D eigenvalue weighted by atomic mass is 28.4. The highest BCUT2D eigenvalue weighted by Gasteiger charge is 2.42. The van der Waals surface area contributed by atoms with Gasteiger partial charge in [0.15, 0.2) is 0 Å². The Morgan fingerprint density at radius 1 is 1.04 bits per heavy atom. The largest absolute Gasteiger partial charge is 0.402 e. The van der Waals surface area contributed by atoms with E-state index in [2.05, 4.69) is 52.7 Å². The van der Waals surface area contributed by atoms with Crippen molar-refractivity contribution in [2.24, 2.45) is 0 Å². The molecule has 0 radical (unpaired) electrons. The quantitative estimate of drug-likeness (QED) is 0.326. The second-order valence-electron chi connectivity index (χ2n) is 6.52. The van der Waals surface area contributed by atoms with Gasteiger partial charge in [-0.1, -0.05) is 69.9 Å². The first-order valence-electron chi connectivity index (χ1n) is 8.42. The van der Waals surface area contributed by atoms with Gasteiger partial charge in [0, 0.05) is 12.0 Å². The molecule has 0 aliphatic carbocycles. The SMILES string of the molecule is C=CCC(C#Cc1ccccc1)O[Si](CC=C)(C(C)C)C(C)C. The number of allylic oxidation sites excluding steroid dienone is 1. The van der Waals surface area contributed by atoms with E-state index >= 15 is 0 Å². The molecule has 0 heterocycles. The fourth-order valence-electron chi connectivity index (χ4n) is 2.92. The van der Waals surface area contributed by atoms with Gasteiger partial charge in [0.2, 0.25) is 8.32 Å². The van der Waals surface area contributed by atoms with Crippen molar-refractivity contribution in [2.45, 2.75) is 57.3 Å². The molecule has 0 bridgehead atoms. The molecule has 1 aromatic rings. The zero-order valence-corrected chi connectivity index (χ0v) is 16.0. The lowest BCUT2D eigenvalue weighted by molar-refractivity contribution is 0.235. The van der Waals surface area contributed by atoms with Crippen LogP contribution < -0.4 is 0 Å². The summed E-state index contributed by atoms with van der Waals surface area (Å²) in [7, 11) is -1.96. The van der Waals surface area contributed by atoms with Crippen molar-refractivity contribution >= 4 is 8.32 Å². The van der Waals surface area contributed by atoms with Crippen LogP contribution >= 0.6 is 0 Å². The fourth-order valence-corrected chi connectivity index (χ4v) is 6.97. The molecule has 0 aromatic heterocycles. The zero-order valence-electron chi connectivity index (χ0n) is 15.0. The number of rotatable bonds is 8. The molecule has 0 aliphatic rings. The molecular weight excluding hydrogens is 296 g/mol. The van der Waals surface area contributed by atoms with Crippen LogP contribution in [-0.2, 0) is 4.43 Å². The lowest BCUT2D eigenvalue weighted by Gasteiger charge is -2.39. The number of hydrogen-bond donors (Lipinski definition) is 0. The van der Waals surface area contributed by atoms with E-state index in [0.29, 0.717) is 11.1 Å². The first-order valence-corrected chi connectivity index (χ1v) is 10.7. The minimum atomic E-state index is -1.96. The average Bonchev–Trinajstić information content (AvgIpc) is 2.52. The first kappa shape index (κ1) is 19.5. The molecule has 0 aliphatic heterocycles. The average molecular weight is 327 g/mol. The Morgan fingerprint density at radius 2 is 1.65 bits per heavy atom. The third-order valence-electron chi connectivity index (χ3n) is 4.31. The van der Waals surface area contributed by atoms with Crippen LogP contribution in [0.4, 0.5) is 0 Å². The van der Waals surface area contributed by atoms with Crippen LogP contribution in [0.5, 0.6) is 0 Å². The summed E-state index contributed by atoms with van der Waals surface area (Å²) in [6.45, 7) is 16.9. The van der Waals surface area contributed by atoms with Crippen molar-refractivity contribution in [2.75, 3.05) is 0 Å². The van der Waals surface area contributed by atoms with Crippen LogP contribution in [0, 0.1) is 11.8 Å². The van der Waals surface area contributed by atoms with Gasteiger partial charge in [-0.05, 0) is 29.3 Å². The van der Waals surface area contributed by atoms with E-state index in [1.807, 2.05) is 42.5 Å². The van der Waals surface area contributed by atoms with Gasteiger partial charge in [-0.25, -0.2) is 0 Å². The van der Waals surface area contributed by atoms with E-state index in [9.17, 15) is 0 Å². The van der Waals surface area contributed by atoms with E-state index < -0.39 is 8.32 Å². The molecule has 0 N–H and O–H groups in total. The molecule has 0 amide bonds. The van der Waals surface area contributed by atoms with Crippen LogP contribution in [0.15, 0.2) is 55.6 Å². The molecular formula is C21H30OSi. The second kappa shape index (κ2) is 9.55. The third kappa shape index (κ3) is 5.53. The Hall–Kier alpha value is -1.56. The van der Waals surface area contributed by atoms with Gasteiger partial charge in [0.1, 0.15) is 6.10 Å². The summed E-state index contributed by atoms with van der Waals surface area (Å²) in [6, 6.07) is 11.0. The molecule has 1 atom stereocenters. The smallest absolute Gasteiger partial charge is 0.203 e. The standard InChI is InChI=1S/C21H30OSi/c1-7-12-21(16-15-20-13-10-9-11-14-20)22-23(17-8-2,18(3)4)19(5)6/h7-11,13-14,18-19,21H,1-2,12,17H2,3-6H3. The normalized spacial score (nSPS) is 12.6. The Morgan fingerprint density at radius 3 is 2.13 bits per heavy atom. The maximum absolute atomic E-state index is 6.69. The van der Waals surface area contributed by atoms with E-state index in [-0.39, 0.29) is 6.10 Å². The molecule has 0 saturated heterocycles. The molecule has 1 aromatic carbocycles. The van der Waals surface area contributed by atoms with Crippen LogP contribution in [0.3, 0.4) is 0 Å². The highest BCUT2D eigenvalue weighted by molar-refractivity contribution is 6.76. The molecule has 124 valence electrons. The van der Waals surface area contributed by atoms with E-state index in [0.717, 1.165) is 18.0 Å². The molecule has 1 unspecified atom stereocenters. The summed E-state index contributed by atoms with van der Waals surface area (Å²) in [5, 5.41) is 0. The van der Waals surface area contributed by atoms with Gasteiger partial charge in [-0.3, -0.25) is 0 Å². The van der Waals surface area contributed by atoms with Crippen LogP contribution in [0.1, 0.15) is 39.7 Å². The minimum absolute atomic E-state index is 0.0934. The Bertz CT molecular complexity index is 540. The van der Waals surface area contributed by atoms with Crippen molar-refractivity contribution < 1.29 is 4.43 Å². The van der Waals surface area contributed by atoms with E-state index in [1.165, 1.54) is 0 Å². The highest BCUT2D eigenvalue weighted by Crippen LogP contribution is 2.38. The maximum Gasteiger partial charge on any atom is 0.203 e. The van der Waals surface area contributed by atoms with Gasteiger partial charge >= 0.3 is 0 Å². The number of hydrogen-bond acceptors (Lipinski definition) is 1. The molecule has 0 fully saturated rings. The van der Waals surface area contributed by atoms with Crippen molar-refractivity contribution in [3.63, 3.8) is 0 Å². The lowest BCUT2D eigenvalue weighted by atomic mass is 10.2. The number of benzene rings is 1. The summed E-state index contributed by atoms with van der Waals surface area (Å²) in [4.78, 5) is 0. The third-order valence-corrected chi connectivity index (χ3v) is 9.87. The van der Waals surface area contributed by atoms with Gasteiger partial charge in [0.25, 0.3) is 0 Å². The van der Waals surface area contributed by atoms with Crippen LogP contribution in [0.25, 0.3) is 0 Å². The van der Waals surface area contributed by atoms with Crippen LogP contribution in [-0.4, -0.2) is 14.4 Å². The summed E-state index contributed by atoms with van der Waals surface area (Å²) >= 11 is 0. The molecule has 1 nitrogen and oxygen atoms in total. The summed E-state index contributed by atoms with van der Waals surface area (Å²) in [6.07, 6.45) is 4.58.